The minimum absolute atomic E-state index is 1.12. The molecule has 0 spiro atoms. The summed E-state index contributed by atoms with van der Waals surface area (Å²) in [6, 6.07) is 0. The topological polar surface area (TPSA) is 29.1 Å². The second-order valence-corrected chi connectivity index (χ2v) is 1.39. The molecular weight excluding hydrogens is 135 g/mol. The summed E-state index contributed by atoms with van der Waals surface area (Å²) < 4.78 is 33.6. The maximum Gasteiger partial charge on any atom is 0.397 e. The lowest BCUT2D eigenvalue weighted by Gasteiger charge is -2.02. The third-order valence-electron chi connectivity index (χ3n) is 0.558. The Labute approximate surface area is 50.0 Å². The van der Waals surface area contributed by atoms with Crippen LogP contribution >= 0.6 is 0 Å². The minimum atomic E-state index is -4.43. The van der Waals surface area contributed by atoms with E-state index in [1.807, 2.05) is 0 Å². The van der Waals surface area contributed by atoms with E-state index in [4.69, 9.17) is 0 Å². The van der Waals surface area contributed by atoms with E-state index < -0.39 is 18.5 Å². The molecule has 0 bridgehead atoms. The molecule has 53 valence electrons. The Morgan fingerprint density at radius 3 is 2.11 bits per heavy atom. The number of nitrogens with one attached hydrogen (secondary N) is 1. The molecule has 9 heavy (non-hydrogen) atoms. The number of halogens is 3. The predicted molar refractivity (Wildman–Crippen MR) is 24.2 cm³/mol. The fraction of sp³-hybridized carbons (Fsp3) is 0.500. The van der Waals surface area contributed by atoms with Gasteiger partial charge in [-0.15, -0.1) is 0 Å². The maximum absolute atomic E-state index is 11.2. The first-order valence-electron chi connectivity index (χ1n) is 2.08. The number of carbonyl (C=O) groups is 1. The second-order valence-electron chi connectivity index (χ2n) is 1.39. The Balaban J connectivity index is 3.60. The molecule has 0 aromatic heterocycles. The summed E-state index contributed by atoms with van der Waals surface area (Å²) in [5, 5.41) is 1.61. The van der Waals surface area contributed by atoms with Gasteiger partial charge in [0.2, 0.25) is 5.91 Å². The molecule has 1 N–H and O–H groups in total. The van der Waals surface area contributed by atoms with E-state index in [0.29, 0.717) is 0 Å². The number of rotatable bonds is 1. The van der Waals surface area contributed by atoms with Crippen molar-refractivity contribution in [2.45, 2.75) is 12.6 Å². The van der Waals surface area contributed by atoms with E-state index in [1.165, 1.54) is 0 Å². The highest BCUT2D eigenvalue weighted by molar-refractivity contribution is 5.76. The van der Waals surface area contributed by atoms with Gasteiger partial charge < -0.3 is 5.32 Å². The fourth-order valence-corrected chi connectivity index (χ4v) is 0.245. The van der Waals surface area contributed by atoms with Gasteiger partial charge >= 0.3 is 6.18 Å². The van der Waals surface area contributed by atoms with Crippen molar-refractivity contribution in [1.29, 1.82) is 0 Å². The third-order valence-corrected chi connectivity index (χ3v) is 0.558. The molecule has 1 radical (unpaired) electrons. The van der Waals surface area contributed by atoms with Crippen molar-refractivity contribution in [3.8, 4) is 0 Å². The van der Waals surface area contributed by atoms with Gasteiger partial charge in [0, 0.05) is 7.05 Å². The first-order chi connectivity index (χ1) is 3.95. The van der Waals surface area contributed by atoms with Gasteiger partial charge in [-0.25, -0.2) is 0 Å². The fourth-order valence-electron chi connectivity index (χ4n) is 0.245. The van der Waals surface area contributed by atoms with Crippen LogP contribution in [-0.2, 0) is 4.79 Å². The van der Waals surface area contributed by atoms with E-state index in [9.17, 15) is 18.0 Å². The second kappa shape index (κ2) is 2.70. The van der Waals surface area contributed by atoms with Crippen molar-refractivity contribution in [2.24, 2.45) is 0 Å². The van der Waals surface area contributed by atoms with Crippen molar-refractivity contribution in [1.82, 2.24) is 5.32 Å². The average Bonchev–Trinajstić information content (AvgIpc) is 1.62. The van der Waals surface area contributed by atoms with Crippen LogP contribution in [-0.4, -0.2) is 12.1 Å². The molecule has 0 fully saturated rings. The van der Waals surface area contributed by atoms with Gasteiger partial charge in [0.15, 0.2) is 0 Å². The van der Waals surface area contributed by atoms with Gasteiger partial charge in [0.25, 0.3) is 0 Å². The summed E-state index contributed by atoms with van der Waals surface area (Å²) in [5.74, 6) is -1.12. The molecule has 0 aliphatic carbocycles. The maximum atomic E-state index is 11.2. The van der Waals surface area contributed by atoms with Gasteiger partial charge in [-0.2, -0.15) is 13.2 Å². The lowest BCUT2D eigenvalue weighted by atomic mass is 10.4. The molecular formula is C4H5F3NO. The zero-order chi connectivity index (χ0) is 7.49. The van der Waals surface area contributed by atoms with E-state index >= 15 is 0 Å². The summed E-state index contributed by atoms with van der Waals surface area (Å²) in [6.45, 7) is 0. The van der Waals surface area contributed by atoms with Gasteiger partial charge in [-0.05, 0) is 0 Å². The zero-order valence-electron chi connectivity index (χ0n) is 4.46. The highest BCUT2D eigenvalue weighted by Gasteiger charge is 2.30. The van der Waals surface area contributed by atoms with Gasteiger partial charge in [0.1, 0.15) is 6.42 Å². The van der Waals surface area contributed by atoms with E-state index in [0.717, 1.165) is 0 Å². The number of carbonyl (C=O) groups excluding carboxylic acids is 1. The molecule has 0 unspecified atom stereocenters. The molecule has 5 heteroatoms. The average molecular weight is 140 g/mol. The smallest absolute Gasteiger partial charge is 0.354 e. The van der Waals surface area contributed by atoms with Crippen LogP contribution in [0.15, 0.2) is 0 Å². The molecule has 0 heterocycles. The molecule has 0 rings (SSSR count). The number of amides is 1. The summed E-state index contributed by atoms with van der Waals surface area (Å²) in [6.07, 6.45) is -5.89. The van der Waals surface area contributed by atoms with Crippen LogP contribution in [0.2, 0.25) is 0 Å². The van der Waals surface area contributed by atoms with Crippen molar-refractivity contribution in [3.05, 3.63) is 7.05 Å². The van der Waals surface area contributed by atoms with Crippen molar-refractivity contribution in [3.63, 3.8) is 0 Å². The highest BCUT2D eigenvalue weighted by Crippen LogP contribution is 2.18. The van der Waals surface area contributed by atoms with Gasteiger partial charge in [-0.3, -0.25) is 4.79 Å². The largest absolute Gasteiger partial charge is 0.397 e. The van der Waals surface area contributed by atoms with Crippen LogP contribution < -0.4 is 5.32 Å². The van der Waals surface area contributed by atoms with E-state index in [2.05, 4.69) is 7.05 Å². The van der Waals surface area contributed by atoms with Crippen molar-refractivity contribution in [2.75, 3.05) is 0 Å². The summed E-state index contributed by atoms with van der Waals surface area (Å²) >= 11 is 0. The normalized spacial score (nSPS) is 11.1. The minimum Gasteiger partial charge on any atom is -0.354 e. The molecule has 0 aliphatic rings. The Hall–Kier alpha value is -0.740. The Kier molecular flexibility index (Phi) is 2.48. The zero-order valence-corrected chi connectivity index (χ0v) is 4.46. The number of alkyl halides is 3. The molecule has 0 atom stereocenters. The lowest BCUT2D eigenvalue weighted by Crippen LogP contribution is -2.23. The SMILES string of the molecule is [CH2]NC(=O)CC(F)(F)F. The summed E-state index contributed by atoms with van der Waals surface area (Å²) in [4.78, 5) is 9.93. The van der Waals surface area contributed by atoms with Crippen LogP contribution in [0.4, 0.5) is 13.2 Å². The van der Waals surface area contributed by atoms with Crippen LogP contribution in [0, 0.1) is 7.05 Å². The molecule has 0 aliphatic heterocycles. The molecule has 0 aromatic carbocycles. The van der Waals surface area contributed by atoms with Crippen LogP contribution in [0.25, 0.3) is 0 Å². The van der Waals surface area contributed by atoms with Crippen molar-refractivity contribution < 1.29 is 18.0 Å². The number of hydrogen-bond acceptors (Lipinski definition) is 1. The van der Waals surface area contributed by atoms with E-state index in [1.54, 1.807) is 5.32 Å². The Morgan fingerprint density at radius 2 is 2.00 bits per heavy atom. The summed E-state index contributed by atoms with van der Waals surface area (Å²) in [5.41, 5.74) is 0. The quantitative estimate of drug-likeness (QED) is 0.574. The monoisotopic (exact) mass is 140 g/mol. The first kappa shape index (κ1) is 8.26. The standard InChI is InChI=1S/C4H5F3NO/c1-8-3(9)2-4(5,6)7/h1-2H2,(H,8,9). The molecule has 0 saturated carbocycles. The van der Waals surface area contributed by atoms with Crippen LogP contribution in [0.5, 0.6) is 0 Å². The van der Waals surface area contributed by atoms with Crippen LogP contribution in [0.3, 0.4) is 0 Å². The molecule has 0 aromatic rings. The van der Waals surface area contributed by atoms with Crippen LogP contribution in [0.1, 0.15) is 6.42 Å². The predicted octanol–water partition coefficient (Wildman–Crippen LogP) is 0.847. The summed E-state index contributed by atoms with van der Waals surface area (Å²) in [7, 11) is 2.77. The Bertz CT molecular complexity index is 109. The van der Waals surface area contributed by atoms with Gasteiger partial charge in [0.05, 0.1) is 0 Å². The number of hydrogen-bond donors (Lipinski definition) is 1. The van der Waals surface area contributed by atoms with Gasteiger partial charge in [-0.1, -0.05) is 0 Å². The Morgan fingerprint density at radius 1 is 1.56 bits per heavy atom. The molecule has 2 nitrogen and oxygen atoms in total. The molecule has 0 saturated heterocycles. The first-order valence-corrected chi connectivity index (χ1v) is 2.08. The van der Waals surface area contributed by atoms with Crippen molar-refractivity contribution >= 4 is 5.91 Å². The lowest BCUT2D eigenvalue weighted by molar-refractivity contribution is -0.153. The third kappa shape index (κ3) is 5.13. The molecule has 1 amide bonds. The highest BCUT2D eigenvalue weighted by atomic mass is 19.4. The van der Waals surface area contributed by atoms with E-state index in [-0.39, 0.29) is 0 Å².